The van der Waals surface area contributed by atoms with Crippen LogP contribution in [0.5, 0.6) is 5.88 Å². The molecule has 0 bridgehead atoms. The third-order valence-corrected chi connectivity index (χ3v) is 6.49. The van der Waals surface area contributed by atoms with Crippen LogP contribution in [-0.2, 0) is 4.79 Å². The number of allylic oxidation sites excluding steroid dienone is 1. The molecule has 3 N–H and O–H groups in total. The van der Waals surface area contributed by atoms with Crippen LogP contribution in [0.4, 0.5) is 10.1 Å². The molecule has 2 heterocycles. The van der Waals surface area contributed by atoms with Gasteiger partial charge in [0.1, 0.15) is 0 Å². The normalized spacial score (nSPS) is 17.5. The number of halogens is 1. The summed E-state index contributed by atoms with van der Waals surface area (Å²) in [6.45, 7) is 4.55. The number of pyridine rings is 1. The predicted molar refractivity (Wildman–Crippen MR) is 139 cm³/mol. The van der Waals surface area contributed by atoms with Crippen LogP contribution in [0, 0.1) is 12.8 Å². The summed E-state index contributed by atoms with van der Waals surface area (Å²) in [5.74, 6) is -0.0223. The summed E-state index contributed by atoms with van der Waals surface area (Å²) in [7, 11) is 0. The van der Waals surface area contributed by atoms with Gasteiger partial charge >= 0.3 is 5.97 Å². The van der Waals surface area contributed by atoms with Crippen molar-refractivity contribution in [1.29, 1.82) is 0 Å². The number of benzene rings is 2. The molecule has 6 nitrogen and oxygen atoms in total. The molecule has 36 heavy (non-hydrogen) atoms. The first-order chi connectivity index (χ1) is 17.4. The number of carboxylic acids is 1. The second-order valence-corrected chi connectivity index (χ2v) is 9.06. The average Bonchev–Trinajstić information content (AvgIpc) is 3.65. The van der Waals surface area contributed by atoms with Crippen molar-refractivity contribution in [3.05, 3.63) is 94.2 Å². The topological polar surface area (TPSA) is 83.5 Å². The van der Waals surface area contributed by atoms with Crippen LogP contribution in [0.2, 0.25) is 0 Å². The van der Waals surface area contributed by atoms with Gasteiger partial charge in [0.2, 0.25) is 5.88 Å². The SMILES string of the molecule is CCOc1cc(C)c(/C(=C(\c2ccc(/C=C/C(=O)O)cc2)c2ccc3c(c2)C(F)NN3)C2CC2)cn1. The summed E-state index contributed by atoms with van der Waals surface area (Å²) >= 11 is 0. The van der Waals surface area contributed by atoms with E-state index in [0.717, 1.165) is 58.0 Å². The van der Waals surface area contributed by atoms with Gasteiger partial charge in [0.15, 0.2) is 6.30 Å². The maximum atomic E-state index is 14.6. The number of carboxylic acid groups (broad SMARTS) is 1. The highest BCUT2D eigenvalue weighted by atomic mass is 19.1. The summed E-state index contributed by atoms with van der Waals surface area (Å²) < 4.78 is 20.2. The molecule has 7 heteroatoms. The second kappa shape index (κ2) is 9.95. The van der Waals surface area contributed by atoms with Crippen LogP contribution in [0.15, 0.2) is 60.8 Å². The molecular weight excluding hydrogens is 457 g/mol. The third-order valence-electron chi connectivity index (χ3n) is 6.49. The molecule has 0 radical (unpaired) electrons. The minimum atomic E-state index is -1.29. The fraction of sp³-hybridized carbons (Fsp3) is 0.241. The Bertz CT molecular complexity index is 1360. The van der Waals surface area contributed by atoms with Crippen LogP contribution in [0.1, 0.15) is 59.4 Å². The van der Waals surface area contributed by atoms with Gasteiger partial charge in [-0.25, -0.2) is 19.6 Å². The molecule has 0 spiro atoms. The predicted octanol–water partition coefficient (Wildman–Crippen LogP) is 6.15. The molecule has 0 amide bonds. The van der Waals surface area contributed by atoms with E-state index in [-0.39, 0.29) is 0 Å². The smallest absolute Gasteiger partial charge is 0.328 e. The Hall–Kier alpha value is -3.97. The van der Waals surface area contributed by atoms with E-state index in [2.05, 4.69) is 22.8 Å². The fourth-order valence-electron chi connectivity index (χ4n) is 4.64. The van der Waals surface area contributed by atoms with E-state index in [1.807, 2.05) is 61.7 Å². The van der Waals surface area contributed by atoms with Crippen molar-refractivity contribution in [3.63, 3.8) is 0 Å². The van der Waals surface area contributed by atoms with Gasteiger partial charge in [-0.2, -0.15) is 0 Å². The Balaban J connectivity index is 1.70. The number of nitrogens with zero attached hydrogens (tertiary/aromatic N) is 1. The van der Waals surface area contributed by atoms with E-state index in [1.165, 1.54) is 5.57 Å². The summed E-state index contributed by atoms with van der Waals surface area (Å²) in [6, 6.07) is 15.6. The Labute approximate surface area is 209 Å². The van der Waals surface area contributed by atoms with Crippen LogP contribution >= 0.6 is 0 Å². The Morgan fingerprint density at radius 3 is 2.58 bits per heavy atom. The highest BCUT2D eigenvalue weighted by Gasteiger charge is 2.32. The zero-order valence-corrected chi connectivity index (χ0v) is 20.2. The number of anilines is 1. The quantitative estimate of drug-likeness (QED) is 0.262. The third kappa shape index (κ3) is 4.88. The Kier molecular flexibility index (Phi) is 6.57. The number of carbonyl (C=O) groups is 1. The van der Waals surface area contributed by atoms with Crippen LogP contribution in [-0.4, -0.2) is 22.7 Å². The van der Waals surface area contributed by atoms with Gasteiger partial charge in [0.05, 0.1) is 12.3 Å². The summed E-state index contributed by atoms with van der Waals surface area (Å²) in [4.78, 5) is 15.5. The molecule has 1 unspecified atom stereocenters. The molecule has 1 atom stereocenters. The van der Waals surface area contributed by atoms with Crippen molar-refractivity contribution in [1.82, 2.24) is 10.4 Å². The number of aliphatic carboxylic acids is 1. The number of alkyl halides is 1. The molecule has 184 valence electrons. The van der Waals surface area contributed by atoms with Crippen LogP contribution in [0.25, 0.3) is 17.2 Å². The number of nitrogens with one attached hydrogen (secondary N) is 2. The minimum absolute atomic E-state index is 0.371. The number of hydrogen-bond donors (Lipinski definition) is 3. The molecule has 1 aliphatic carbocycles. The van der Waals surface area contributed by atoms with E-state index >= 15 is 0 Å². The summed E-state index contributed by atoms with van der Waals surface area (Å²) in [6.07, 6.45) is 5.43. The zero-order chi connectivity index (χ0) is 25.2. The van der Waals surface area contributed by atoms with Crippen molar-refractivity contribution < 1.29 is 19.0 Å². The standard InChI is InChI=1S/C29H28FN3O3/c1-3-36-25-14-17(2)23(16-31-25)28(20-9-10-20)27(19-7-4-18(5-8-19)6-13-26(34)35)21-11-12-24-22(15-21)29(30)33-32-24/h4-8,11-16,20,29,32-33H,3,9-10H2,1-2H3,(H,34,35)/b13-6+,28-27+. The monoisotopic (exact) mass is 485 g/mol. The lowest BCUT2D eigenvalue weighted by molar-refractivity contribution is -0.131. The van der Waals surface area contributed by atoms with Gasteiger partial charge in [-0.15, -0.1) is 0 Å². The van der Waals surface area contributed by atoms with Crippen LogP contribution < -0.4 is 15.6 Å². The molecule has 1 aliphatic heterocycles. The first kappa shape index (κ1) is 23.8. The molecule has 5 rings (SSSR count). The minimum Gasteiger partial charge on any atom is -0.478 e. The van der Waals surface area contributed by atoms with Gasteiger partial charge < -0.3 is 15.3 Å². The van der Waals surface area contributed by atoms with Gasteiger partial charge in [0, 0.05) is 29.5 Å². The number of rotatable bonds is 8. The number of hydrazine groups is 1. The number of hydrogen-bond acceptors (Lipinski definition) is 5. The van der Waals surface area contributed by atoms with Gasteiger partial charge in [-0.1, -0.05) is 30.3 Å². The van der Waals surface area contributed by atoms with E-state index < -0.39 is 12.3 Å². The Morgan fingerprint density at radius 1 is 1.17 bits per heavy atom. The molecule has 1 aromatic heterocycles. The van der Waals surface area contributed by atoms with Crippen molar-refractivity contribution >= 4 is 28.9 Å². The van der Waals surface area contributed by atoms with Gasteiger partial charge in [-0.3, -0.25) is 0 Å². The summed E-state index contributed by atoms with van der Waals surface area (Å²) in [5.41, 5.74) is 13.9. The zero-order valence-electron chi connectivity index (χ0n) is 20.2. The highest BCUT2D eigenvalue weighted by molar-refractivity contribution is 6.01. The number of aryl methyl sites for hydroxylation is 1. The molecule has 2 aromatic carbocycles. The van der Waals surface area contributed by atoms with Crippen molar-refractivity contribution in [2.75, 3.05) is 12.0 Å². The molecule has 0 saturated heterocycles. The van der Waals surface area contributed by atoms with Crippen LogP contribution in [0.3, 0.4) is 0 Å². The van der Waals surface area contributed by atoms with Gasteiger partial charge in [0.25, 0.3) is 0 Å². The number of aromatic nitrogens is 1. The molecule has 3 aromatic rings. The maximum Gasteiger partial charge on any atom is 0.328 e. The highest BCUT2D eigenvalue weighted by Crippen LogP contribution is 2.49. The Morgan fingerprint density at radius 2 is 1.92 bits per heavy atom. The number of ether oxygens (including phenoxy) is 1. The number of fused-ring (bicyclic) bond motifs is 1. The first-order valence-corrected chi connectivity index (χ1v) is 12.1. The van der Waals surface area contributed by atoms with Crippen molar-refractivity contribution in [2.45, 2.75) is 33.0 Å². The lowest BCUT2D eigenvalue weighted by atomic mass is 9.85. The molecule has 2 aliphatic rings. The second-order valence-electron chi connectivity index (χ2n) is 9.06. The van der Waals surface area contributed by atoms with Crippen molar-refractivity contribution in [3.8, 4) is 5.88 Å². The molecular formula is C29H28FN3O3. The first-order valence-electron chi connectivity index (χ1n) is 12.1. The van der Waals surface area contributed by atoms with Crippen molar-refractivity contribution in [2.24, 2.45) is 5.92 Å². The largest absolute Gasteiger partial charge is 0.478 e. The van der Waals surface area contributed by atoms with E-state index in [0.29, 0.717) is 24.0 Å². The molecule has 1 fully saturated rings. The van der Waals surface area contributed by atoms with E-state index in [1.54, 1.807) is 6.08 Å². The average molecular weight is 486 g/mol. The van der Waals surface area contributed by atoms with E-state index in [4.69, 9.17) is 9.84 Å². The van der Waals surface area contributed by atoms with E-state index in [9.17, 15) is 9.18 Å². The molecule has 1 saturated carbocycles. The lowest BCUT2D eigenvalue weighted by Crippen LogP contribution is -2.14. The van der Waals surface area contributed by atoms with Gasteiger partial charge in [-0.05, 0) is 84.2 Å². The summed E-state index contributed by atoms with van der Waals surface area (Å²) in [5, 5.41) is 8.96. The lowest BCUT2D eigenvalue weighted by Gasteiger charge is -2.20. The maximum absolute atomic E-state index is 14.6. The fourth-order valence-corrected chi connectivity index (χ4v) is 4.64.